The van der Waals surface area contributed by atoms with Gasteiger partial charge in [-0.25, -0.2) is 38.3 Å². The molecule has 0 radical (unpaired) electrons. The van der Waals surface area contributed by atoms with Gasteiger partial charge >= 0.3 is 115 Å². The molecule has 6 aromatic rings. The third kappa shape index (κ3) is 38.5. The maximum Gasteiger partial charge on any atom is 1.00 e. The number of carbonyl (C=O) groups is 3. The van der Waals surface area contributed by atoms with Gasteiger partial charge in [0.25, 0.3) is 6.47 Å². The van der Waals surface area contributed by atoms with Crippen molar-refractivity contribution in [2.45, 2.75) is 27.2 Å². The van der Waals surface area contributed by atoms with Gasteiger partial charge in [-0.1, -0.05) is 30.1 Å². The molecule has 506 valence electrons. The van der Waals surface area contributed by atoms with Crippen molar-refractivity contribution in [1.82, 2.24) is 19.9 Å². The van der Waals surface area contributed by atoms with E-state index in [9.17, 15) is 23.5 Å². The number of aromatic nitrogens is 4. The predicted octanol–water partition coefficient (Wildman–Crippen LogP) is 1.68. The fourth-order valence-corrected chi connectivity index (χ4v) is 7.38. The number of phenolic OH excluding ortho intramolecular Hbond substituents is 1. The number of nitrogens with one attached hydrogen (secondary N) is 2. The molecular formula is C60H80Cl2F2K2N6O21. The van der Waals surface area contributed by atoms with Crippen molar-refractivity contribution in [3.8, 4) is 23.0 Å². The molecule has 0 unspecified atom stereocenters. The number of aromatic hydroxyl groups is 1. The second kappa shape index (κ2) is 56.1. The van der Waals surface area contributed by atoms with E-state index in [1.807, 2.05) is 0 Å². The van der Waals surface area contributed by atoms with Crippen LogP contribution >= 0.6 is 23.2 Å². The molecule has 33 heteroatoms. The molecule has 6 rings (SSSR count). The predicted molar refractivity (Wildman–Crippen MR) is 329 cm³/mol. The summed E-state index contributed by atoms with van der Waals surface area (Å²) in [5.74, 6) is 0.526. The van der Waals surface area contributed by atoms with Crippen molar-refractivity contribution >= 4 is 86.4 Å². The number of hydrogen-bond acceptors (Lipinski definition) is 27. The van der Waals surface area contributed by atoms with Crippen molar-refractivity contribution in [3.63, 3.8) is 0 Å². The molecule has 0 spiro atoms. The van der Waals surface area contributed by atoms with Crippen LogP contribution in [0.3, 0.4) is 0 Å². The van der Waals surface area contributed by atoms with Gasteiger partial charge in [0.15, 0.2) is 23.0 Å². The van der Waals surface area contributed by atoms with E-state index in [0.717, 1.165) is 13.0 Å². The van der Waals surface area contributed by atoms with Crippen molar-refractivity contribution in [2.24, 2.45) is 0 Å². The van der Waals surface area contributed by atoms with Crippen LogP contribution in [0.1, 0.15) is 28.6 Å². The first kappa shape index (κ1) is 87.1. The second-order valence-electron chi connectivity index (χ2n) is 17.7. The maximum atomic E-state index is 13.5. The van der Waals surface area contributed by atoms with Crippen LogP contribution in [-0.4, -0.2) is 210 Å². The molecule has 3 N–H and O–H groups in total. The van der Waals surface area contributed by atoms with E-state index in [1.165, 1.54) is 50.1 Å². The Balaban J connectivity index is 0.00000143. The summed E-state index contributed by atoms with van der Waals surface area (Å²) in [4.78, 5) is 50.2. The SMILES string of the molecule is CCCOCCOCCOCCOCCOCC(=O)OCC.CCOC(=O)COCCOCCOCCOCCOCCOc1cc2c(Nc3ccc(F)c(Cl)c3)ncnc2cc1OC.COc1cc2ncnc(Nc3ccc(F)c(Cl)c3)c2cc1O.O=CO[O-].[H-].[K+].[K+]. The van der Waals surface area contributed by atoms with Gasteiger partial charge in [-0.15, -0.1) is 0 Å². The zero-order valence-electron chi connectivity index (χ0n) is 54.4. The number of anilines is 4. The van der Waals surface area contributed by atoms with Gasteiger partial charge in [0.05, 0.1) is 161 Å². The molecule has 0 atom stereocenters. The number of halogens is 4. The van der Waals surface area contributed by atoms with Gasteiger partial charge in [-0.3, -0.25) is 4.79 Å². The van der Waals surface area contributed by atoms with Gasteiger partial charge < -0.3 is 98.4 Å². The average Bonchev–Trinajstić information content (AvgIpc) is 0.814. The number of fused-ring (bicyclic) bond motifs is 2. The Bertz CT molecular complexity index is 3010. The number of ether oxygens (including phenoxy) is 15. The number of benzene rings is 4. The van der Waals surface area contributed by atoms with E-state index in [4.69, 9.17) is 104 Å². The van der Waals surface area contributed by atoms with E-state index in [2.05, 4.69) is 42.4 Å². The van der Waals surface area contributed by atoms with Crippen LogP contribution in [0.15, 0.2) is 73.3 Å². The smallest absolute Gasteiger partial charge is 1.00 e. The van der Waals surface area contributed by atoms with E-state index >= 15 is 0 Å². The minimum Gasteiger partial charge on any atom is -1.00 e. The Labute approximate surface area is 635 Å². The van der Waals surface area contributed by atoms with E-state index in [1.54, 1.807) is 51.3 Å². The topological polar surface area (TPSA) is 318 Å². The molecule has 0 saturated heterocycles. The normalized spacial score (nSPS) is 10.4. The van der Waals surface area contributed by atoms with Crippen LogP contribution in [0, 0.1) is 11.6 Å². The van der Waals surface area contributed by atoms with E-state index < -0.39 is 11.6 Å². The summed E-state index contributed by atoms with van der Waals surface area (Å²) < 4.78 is 106. The Kier molecular flexibility index (Phi) is 52.5. The molecule has 2 aromatic heterocycles. The molecular weight excluding hydrogens is 1330 g/mol. The van der Waals surface area contributed by atoms with Crippen LogP contribution in [0.4, 0.5) is 31.8 Å². The summed E-state index contributed by atoms with van der Waals surface area (Å²) in [6.45, 7) is 14.7. The van der Waals surface area contributed by atoms with E-state index in [-0.39, 0.29) is 158 Å². The molecule has 0 aliphatic rings. The Morgan fingerprint density at radius 2 is 0.871 bits per heavy atom. The number of phenols is 1. The molecule has 4 aromatic carbocycles. The third-order valence-electron chi connectivity index (χ3n) is 11.1. The first-order valence-corrected chi connectivity index (χ1v) is 29.3. The summed E-state index contributed by atoms with van der Waals surface area (Å²) in [5.41, 5.74) is 2.38. The quantitative estimate of drug-likeness (QED) is 0.0122. The minimum absolute atomic E-state index is 0. The third-order valence-corrected chi connectivity index (χ3v) is 11.7. The number of hydrogen-bond donors (Lipinski definition) is 3. The van der Waals surface area contributed by atoms with Crippen LogP contribution in [-0.2, 0) is 76.1 Å². The Hall–Kier alpha value is -3.96. The summed E-state index contributed by atoms with van der Waals surface area (Å²) in [7, 11) is 3.01. The van der Waals surface area contributed by atoms with Crippen LogP contribution in [0.25, 0.3) is 21.8 Å². The van der Waals surface area contributed by atoms with Gasteiger partial charge in [0.2, 0.25) is 0 Å². The van der Waals surface area contributed by atoms with Crippen molar-refractivity contribution in [3.05, 3.63) is 95.0 Å². The van der Waals surface area contributed by atoms with Crippen LogP contribution < -0.4 is 133 Å². The molecule has 93 heavy (non-hydrogen) atoms. The van der Waals surface area contributed by atoms with Gasteiger partial charge in [0.1, 0.15) is 55.7 Å². The molecule has 0 amide bonds. The first-order valence-electron chi connectivity index (χ1n) is 28.5. The standard InChI is InChI=1S/C29H37ClFN3O9.C15H11ClFN3O2.C15H30O7.CH2O3.2K.H/c1-3-42-28(35)19-41-13-12-39-9-8-37-6-7-38-10-11-40-14-15-43-27-17-22-25(18-26(27)36-2)32-20-33-29(22)34-21-4-5-24(31)23(30)16-21;1-22-14-6-12-9(5-13(14)21)15(19-7-18-12)20-8-2-3-11(17)10(16)4-8;1-3-5-17-6-7-18-8-9-19-10-11-20-12-13-21-14-15(16)22-4-2;2-1-4-3;;;/h4-5,16-18,20H,3,6-15,19H2,1-2H3,(H,32,33,34);2-7,21H,1H3,(H,18,19,20);3-14H2,1-2H3;1,3H;;;/q;;;;2*+1;-1/p-1. The number of carbonyl (C=O) groups excluding carboxylic acids is 3. The Morgan fingerprint density at radius 1 is 0.516 bits per heavy atom. The monoisotopic (exact) mass is 1410 g/mol. The fraction of sp³-hybridized carbons (Fsp3) is 0.483. The van der Waals surface area contributed by atoms with Crippen LogP contribution in [0.5, 0.6) is 23.0 Å². The van der Waals surface area contributed by atoms with Crippen molar-refractivity contribution < 1.29 is 214 Å². The van der Waals surface area contributed by atoms with Crippen molar-refractivity contribution in [2.75, 3.05) is 177 Å². The number of methoxy groups -OCH3 is 2. The minimum atomic E-state index is -0.505. The Morgan fingerprint density at radius 3 is 1.23 bits per heavy atom. The number of rotatable bonds is 43. The van der Waals surface area contributed by atoms with Gasteiger partial charge in [-0.05, 0) is 68.8 Å². The summed E-state index contributed by atoms with van der Waals surface area (Å²) in [6, 6.07) is 15.2. The first-order chi connectivity index (χ1) is 44.3. The zero-order valence-corrected chi connectivity index (χ0v) is 61.1. The van der Waals surface area contributed by atoms with E-state index in [0.29, 0.717) is 188 Å². The molecule has 27 nitrogen and oxygen atoms in total. The molecule has 0 bridgehead atoms. The van der Waals surface area contributed by atoms with Crippen LogP contribution in [0.2, 0.25) is 10.0 Å². The molecule has 0 saturated carbocycles. The second-order valence-corrected chi connectivity index (χ2v) is 18.5. The average molecular weight is 1410 g/mol. The van der Waals surface area contributed by atoms with Gasteiger partial charge in [-0.2, -0.15) is 0 Å². The fourth-order valence-electron chi connectivity index (χ4n) is 7.02. The maximum absolute atomic E-state index is 13.5. The number of nitrogens with zero attached hydrogens (tertiary/aromatic N) is 4. The van der Waals surface area contributed by atoms with Crippen molar-refractivity contribution in [1.29, 1.82) is 0 Å². The molecule has 0 fully saturated rings. The molecule has 0 aliphatic heterocycles. The summed E-state index contributed by atoms with van der Waals surface area (Å²) in [5, 5.41) is 25.8. The summed E-state index contributed by atoms with van der Waals surface area (Å²) in [6.07, 6.45) is 3.83. The summed E-state index contributed by atoms with van der Waals surface area (Å²) >= 11 is 11.7. The molecule has 0 aliphatic carbocycles. The van der Waals surface area contributed by atoms with Gasteiger partial charge in [0, 0.05) is 40.9 Å². The number of esters is 2. The largest absolute Gasteiger partial charge is 1.00 e. The zero-order chi connectivity index (χ0) is 66.1. The molecule has 2 heterocycles.